The molecule has 1 aromatic carbocycles. The molecule has 0 saturated heterocycles. The number of rotatable bonds is 7. The van der Waals surface area contributed by atoms with Gasteiger partial charge in [-0.15, -0.1) is 0 Å². The summed E-state index contributed by atoms with van der Waals surface area (Å²) in [7, 11) is 0. The first-order chi connectivity index (χ1) is 11.0. The van der Waals surface area contributed by atoms with Gasteiger partial charge in [-0.1, -0.05) is 11.6 Å². The maximum atomic E-state index is 11.6. The number of halogens is 1. The minimum absolute atomic E-state index is 0.0381. The third-order valence-corrected chi connectivity index (χ3v) is 3.08. The number of nitro groups is 1. The molecule has 0 aliphatic heterocycles. The molecule has 132 valence electrons. The normalized spacial score (nSPS) is 11.0. The Morgan fingerprint density at radius 3 is 2.46 bits per heavy atom. The molecule has 0 bridgehead atoms. The summed E-state index contributed by atoms with van der Waals surface area (Å²) in [6.45, 7) is 5.35. The number of carbonyl (C=O) groups is 2. The van der Waals surface area contributed by atoms with Crippen molar-refractivity contribution in [1.29, 1.82) is 0 Å². The maximum absolute atomic E-state index is 11.6. The van der Waals surface area contributed by atoms with E-state index >= 15 is 0 Å². The molecule has 0 unspecified atom stereocenters. The molecule has 0 atom stereocenters. The predicted molar refractivity (Wildman–Crippen MR) is 87.2 cm³/mol. The van der Waals surface area contributed by atoms with Crippen molar-refractivity contribution in [1.82, 2.24) is 0 Å². The number of primary amides is 1. The van der Waals surface area contributed by atoms with Crippen molar-refractivity contribution in [2.75, 3.05) is 6.61 Å². The SMILES string of the molecule is CC(C)(C)OC(=O)CCCOc1cc(C(N)=O)cc([N+](=O)[O-])c1Cl. The quantitative estimate of drug-likeness (QED) is 0.346. The topological polar surface area (TPSA) is 122 Å². The van der Waals surface area contributed by atoms with E-state index in [9.17, 15) is 19.7 Å². The van der Waals surface area contributed by atoms with Gasteiger partial charge in [-0.3, -0.25) is 19.7 Å². The van der Waals surface area contributed by atoms with Gasteiger partial charge in [0.15, 0.2) is 5.02 Å². The van der Waals surface area contributed by atoms with Crippen LogP contribution in [0.15, 0.2) is 12.1 Å². The second kappa shape index (κ2) is 7.96. The second-order valence-corrected chi connectivity index (χ2v) is 6.35. The maximum Gasteiger partial charge on any atom is 0.306 e. The number of amides is 1. The van der Waals surface area contributed by atoms with Crippen molar-refractivity contribution >= 4 is 29.2 Å². The molecule has 1 rings (SSSR count). The number of nitrogens with two attached hydrogens (primary N) is 1. The van der Waals surface area contributed by atoms with Gasteiger partial charge in [0.2, 0.25) is 5.91 Å². The molecule has 0 aliphatic rings. The van der Waals surface area contributed by atoms with Crippen LogP contribution < -0.4 is 10.5 Å². The Morgan fingerprint density at radius 1 is 1.33 bits per heavy atom. The number of benzene rings is 1. The van der Waals surface area contributed by atoms with E-state index in [-0.39, 0.29) is 35.3 Å². The van der Waals surface area contributed by atoms with Crippen molar-refractivity contribution in [2.45, 2.75) is 39.2 Å². The average Bonchev–Trinajstić information content (AvgIpc) is 2.42. The van der Waals surface area contributed by atoms with Gasteiger partial charge in [0, 0.05) is 18.1 Å². The Balaban J connectivity index is 2.73. The van der Waals surface area contributed by atoms with Crippen LogP contribution in [0.3, 0.4) is 0 Å². The lowest BCUT2D eigenvalue weighted by molar-refractivity contribution is -0.384. The van der Waals surface area contributed by atoms with Crippen molar-refractivity contribution in [3.05, 3.63) is 32.8 Å². The van der Waals surface area contributed by atoms with Crippen LogP contribution in [0.4, 0.5) is 5.69 Å². The lowest BCUT2D eigenvalue weighted by Crippen LogP contribution is -2.24. The van der Waals surface area contributed by atoms with Gasteiger partial charge in [-0.25, -0.2) is 0 Å². The monoisotopic (exact) mass is 358 g/mol. The molecule has 8 nitrogen and oxygen atoms in total. The second-order valence-electron chi connectivity index (χ2n) is 5.97. The summed E-state index contributed by atoms with van der Waals surface area (Å²) in [5, 5.41) is 10.7. The molecule has 0 heterocycles. The first-order valence-corrected chi connectivity index (χ1v) is 7.51. The molecule has 0 spiro atoms. The smallest absolute Gasteiger partial charge is 0.306 e. The Hall–Kier alpha value is -2.35. The van der Waals surface area contributed by atoms with Crippen LogP contribution in [0, 0.1) is 10.1 Å². The lowest BCUT2D eigenvalue weighted by atomic mass is 10.1. The van der Waals surface area contributed by atoms with Crippen molar-refractivity contribution < 1.29 is 24.0 Å². The van der Waals surface area contributed by atoms with Gasteiger partial charge in [-0.2, -0.15) is 0 Å². The summed E-state index contributed by atoms with van der Waals surface area (Å²) in [5.41, 5.74) is 4.00. The Morgan fingerprint density at radius 2 is 1.96 bits per heavy atom. The molecule has 0 radical (unpaired) electrons. The van der Waals surface area contributed by atoms with E-state index in [1.165, 1.54) is 6.07 Å². The van der Waals surface area contributed by atoms with Crippen molar-refractivity contribution in [2.24, 2.45) is 5.73 Å². The highest BCUT2D eigenvalue weighted by atomic mass is 35.5. The number of esters is 1. The van der Waals surface area contributed by atoms with Crippen LogP contribution >= 0.6 is 11.6 Å². The van der Waals surface area contributed by atoms with Crippen LogP contribution in [0.5, 0.6) is 5.75 Å². The summed E-state index contributed by atoms with van der Waals surface area (Å²) < 4.78 is 10.5. The molecular formula is C15H19ClN2O6. The summed E-state index contributed by atoms with van der Waals surface area (Å²) in [5.74, 6) is -1.26. The Bertz CT molecular complexity index is 654. The number of hydrogen-bond acceptors (Lipinski definition) is 6. The van der Waals surface area contributed by atoms with Crippen LogP contribution in [0.25, 0.3) is 0 Å². The molecule has 2 N–H and O–H groups in total. The van der Waals surface area contributed by atoms with E-state index in [0.717, 1.165) is 6.07 Å². The van der Waals surface area contributed by atoms with Crippen LogP contribution in [0.1, 0.15) is 44.0 Å². The highest BCUT2D eigenvalue weighted by Gasteiger charge is 2.21. The Kier molecular flexibility index (Phi) is 6.53. The summed E-state index contributed by atoms with van der Waals surface area (Å²) >= 11 is 5.90. The predicted octanol–water partition coefficient (Wildman–Crippen LogP) is 2.85. The van der Waals surface area contributed by atoms with Crippen LogP contribution in [-0.2, 0) is 9.53 Å². The van der Waals surface area contributed by atoms with E-state index < -0.39 is 22.1 Å². The fraction of sp³-hybridized carbons (Fsp3) is 0.467. The molecule has 1 amide bonds. The van der Waals surface area contributed by atoms with E-state index in [0.29, 0.717) is 6.42 Å². The van der Waals surface area contributed by atoms with Crippen LogP contribution in [0.2, 0.25) is 5.02 Å². The van der Waals surface area contributed by atoms with Crippen molar-refractivity contribution in [3.63, 3.8) is 0 Å². The molecule has 24 heavy (non-hydrogen) atoms. The minimum atomic E-state index is -0.839. The highest BCUT2D eigenvalue weighted by molar-refractivity contribution is 6.34. The van der Waals surface area contributed by atoms with E-state index in [2.05, 4.69) is 0 Å². The van der Waals surface area contributed by atoms with E-state index in [4.69, 9.17) is 26.8 Å². The van der Waals surface area contributed by atoms with E-state index in [1.54, 1.807) is 20.8 Å². The van der Waals surface area contributed by atoms with Gasteiger partial charge in [0.1, 0.15) is 11.4 Å². The molecule has 0 aliphatic carbocycles. The molecule has 1 aromatic rings. The number of hydrogen-bond donors (Lipinski definition) is 1. The molecule has 0 saturated carbocycles. The number of ether oxygens (including phenoxy) is 2. The van der Waals surface area contributed by atoms with Crippen molar-refractivity contribution in [3.8, 4) is 5.75 Å². The number of carbonyl (C=O) groups excluding carboxylic acids is 2. The fourth-order valence-electron chi connectivity index (χ4n) is 1.75. The third-order valence-electron chi connectivity index (χ3n) is 2.70. The van der Waals surface area contributed by atoms with E-state index in [1.807, 2.05) is 0 Å². The number of nitrogens with zero attached hydrogens (tertiary/aromatic N) is 1. The summed E-state index contributed by atoms with van der Waals surface area (Å²) in [4.78, 5) is 33.0. The van der Waals surface area contributed by atoms with Crippen LogP contribution in [-0.4, -0.2) is 29.0 Å². The zero-order chi connectivity index (χ0) is 18.5. The first-order valence-electron chi connectivity index (χ1n) is 7.13. The largest absolute Gasteiger partial charge is 0.492 e. The molecule has 0 fully saturated rings. The summed E-state index contributed by atoms with van der Waals surface area (Å²) in [6, 6.07) is 2.21. The molecular weight excluding hydrogens is 340 g/mol. The average molecular weight is 359 g/mol. The molecule has 0 aromatic heterocycles. The van der Waals surface area contributed by atoms with Gasteiger partial charge >= 0.3 is 5.97 Å². The zero-order valence-corrected chi connectivity index (χ0v) is 14.4. The highest BCUT2D eigenvalue weighted by Crippen LogP contribution is 2.35. The third kappa shape index (κ3) is 6.04. The van der Waals surface area contributed by atoms with Gasteiger partial charge in [0.05, 0.1) is 11.5 Å². The van der Waals surface area contributed by atoms with Gasteiger partial charge in [-0.05, 0) is 33.3 Å². The van der Waals surface area contributed by atoms with Gasteiger partial charge in [0.25, 0.3) is 5.69 Å². The first kappa shape index (κ1) is 19.7. The van der Waals surface area contributed by atoms with Gasteiger partial charge < -0.3 is 15.2 Å². The standard InChI is InChI=1S/C15H19ClN2O6/c1-15(2,3)24-12(19)5-4-6-23-11-8-9(14(17)20)7-10(13(11)16)18(21)22/h7-8H,4-6H2,1-3H3,(H2,17,20). The molecule has 9 heteroatoms. The minimum Gasteiger partial charge on any atom is -0.492 e. The number of nitro benzene ring substituents is 1. The summed E-state index contributed by atoms with van der Waals surface area (Å²) in [6.07, 6.45) is 0.437. The lowest BCUT2D eigenvalue weighted by Gasteiger charge is -2.19. The fourth-order valence-corrected chi connectivity index (χ4v) is 1.99. The Labute approximate surface area is 144 Å². The zero-order valence-electron chi connectivity index (χ0n) is 13.6.